The van der Waals surface area contributed by atoms with Crippen LogP contribution in [0, 0.1) is 11.3 Å². The van der Waals surface area contributed by atoms with Gasteiger partial charge in [0.15, 0.2) is 5.03 Å². The Hall–Kier alpha value is -0.680. The molecule has 0 radical (unpaired) electrons. The molecule has 0 aromatic heterocycles. The van der Waals surface area contributed by atoms with Gasteiger partial charge in [0.05, 0.1) is 0 Å². The van der Waals surface area contributed by atoms with Crippen molar-refractivity contribution in [3.63, 3.8) is 0 Å². The number of halogens is 1. The highest BCUT2D eigenvalue weighted by atomic mass is 35.5. The highest BCUT2D eigenvalue weighted by Crippen LogP contribution is 2.02. The van der Waals surface area contributed by atoms with Gasteiger partial charge in [0.25, 0.3) is 0 Å². The molecule has 0 fully saturated rings. The lowest BCUT2D eigenvalue weighted by atomic mass is 10.5. The molecule has 0 rings (SSSR count). The summed E-state index contributed by atoms with van der Waals surface area (Å²) in [5, 5.41) is 16.1. The van der Waals surface area contributed by atoms with E-state index in [1.807, 2.05) is 0 Å². The number of nitriles is 1. The Morgan fingerprint density at radius 3 is 2.29 bits per heavy atom. The topological polar surface area (TPSA) is 44.0 Å². The van der Waals surface area contributed by atoms with Crippen LogP contribution in [0.5, 0.6) is 0 Å². The number of hydrogen-bond acceptors (Lipinski definition) is 2. The monoisotopic (exact) mass is 117 g/mol. The fourth-order valence-electron chi connectivity index (χ4n) is 0.0809. The van der Waals surface area contributed by atoms with Crippen molar-refractivity contribution in [1.82, 2.24) is 0 Å². The number of nitrogens with zero attached hydrogens (tertiary/aromatic N) is 1. The third-order valence-electron chi connectivity index (χ3n) is 0.416. The molecule has 7 heavy (non-hydrogen) atoms. The van der Waals surface area contributed by atoms with Gasteiger partial charge >= 0.3 is 0 Å². The molecule has 0 spiro atoms. The first-order valence-corrected chi connectivity index (χ1v) is 2.01. The maximum Gasteiger partial charge on any atom is 0.155 e. The minimum atomic E-state index is -0.153. The van der Waals surface area contributed by atoms with Crippen LogP contribution in [-0.2, 0) is 0 Å². The smallest absolute Gasteiger partial charge is 0.155 e. The van der Waals surface area contributed by atoms with E-state index in [9.17, 15) is 0 Å². The van der Waals surface area contributed by atoms with Gasteiger partial charge in [-0.25, -0.2) is 0 Å². The Morgan fingerprint density at radius 2 is 2.29 bits per heavy atom. The Balaban J connectivity index is 4.07. The summed E-state index contributed by atoms with van der Waals surface area (Å²) in [7, 11) is 0. The van der Waals surface area contributed by atoms with Crippen molar-refractivity contribution < 1.29 is 5.11 Å². The van der Waals surface area contributed by atoms with Gasteiger partial charge in [-0.2, -0.15) is 5.26 Å². The predicted molar refractivity (Wildman–Crippen MR) is 26.8 cm³/mol. The van der Waals surface area contributed by atoms with Crippen LogP contribution in [0.25, 0.3) is 0 Å². The number of aliphatic hydroxyl groups excluding tert-OH is 1. The molecular weight excluding hydrogens is 114 g/mol. The van der Waals surface area contributed by atoms with E-state index < -0.39 is 0 Å². The van der Waals surface area contributed by atoms with Crippen LogP contribution in [0.15, 0.2) is 10.8 Å². The molecule has 2 nitrogen and oxygen atoms in total. The van der Waals surface area contributed by atoms with E-state index in [1.165, 1.54) is 6.92 Å². The molecule has 0 aliphatic heterocycles. The van der Waals surface area contributed by atoms with Gasteiger partial charge in [0, 0.05) is 0 Å². The average molecular weight is 118 g/mol. The molecule has 0 aliphatic rings. The van der Waals surface area contributed by atoms with Gasteiger partial charge in [0.2, 0.25) is 0 Å². The Bertz CT molecular complexity index is 129. The first-order chi connectivity index (χ1) is 3.18. The Morgan fingerprint density at radius 1 is 1.86 bits per heavy atom. The summed E-state index contributed by atoms with van der Waals surface area (Å²) in [6.45, 7) is 1.35. The van der Waals surface area contributed by atoms with Crippen molar-refractivity contribution in [1.29, 1.82) is 5.26 Å². The van der Waals surface area contributed by atoms with Crippen molar-refractivity contribution >= 4 is 11.6 Å². The summed E-state index contributed by atoms with van der Waals surface area (Å²) in [6.07, 6.45) is 0. The molecule has 0 unspecified atom stereocenters. The zero-order chi connectivity index (χ0) is 5.86. The number of rotatable bonds is 0. The first-order valence-electron chi connectivity index (χ1n) is 1.64. The SMILES string of the molecule is CC(O)=C(Cl)C#N. The summed E-state index contributed by atoms with van der Waals surface area (Å²) in [6, 6.07) is 1.56. The quantitative estimate of drug-likeness (QED) is 0.386. The van der Waals surface area contributed by atoms with Crippen LogP contribution in [0.4, 0.5) is 0 Å². The number of aliphatic hydroxyl groups is 1. The van der Waals surface area contributed by atoms with E-state index in [2.05, 4.69) is 0 Å². The second kappa shape index (κ2) is 2.49. The molecule has 0 bridgehead atoms. The first kappa shape index (κ1) is 6.32. The zero-order valence-electron chi connectivity index (χ0n) is 3.77. The summed E-state index contributed by atoms with van der Waals surface area (Å²) < 4.78 is 0. The summed E-state index contributed by atoms with van der Waals surface area (Å²) in [5.74, 6) is -0.135. The fraction of sp³-hybridized carbons (Fsp3) is 0.250. The third-order valence-corrected chi connectivity index (χ3v) is 0.774. The summed E-state index contributed by atoms with van der Waals surface area (Å²) >= 11 is 5.07. The fourth-order valence-corrected chi connectivity index (χ4v) is 0.0809. The molecule has 0 amide bonds. The van der Waals surface area contributed by atoms with Gasteiger partial charge in [-0.3, -0.25) is 0 Å². The predicted octanol–water partition coefficient (Wildman–Crippen LogP) is 1.54. The third kappa shape index (κ3) is 2.07. The molecule has 0 saturated heterocycles. The van der Waals surface area contributed by atoms with Crippen molar-refractivity contribution in [3.05, 3.63) is 10.8 Å². The van der Waals surface area contributed by atoms with Crippen LogP contribution in [0.2, 0.25) is 0 Å². The summed E-state index contributed by atoms with van der Waals surface area (Å²) in [4.78, 5) is 0. The molecule has 38 valence electrons. The number of allylic oxidation sites excluding steroid dienone is 2. The van der Waals surface area contributed by atoms with Crippen molar-refractivity contribution in [2.75, 3.05) is 0 Å². The minimum Gasteiger partial charge on any atom is -0.510 e. The summed E-state index contributed by atoms with van der Waals surface area (Å²) in [5.41, 5.74) is 0. The minimum absolute atomic E-state index is 0.135. The normalized spacial score (nSPS) is 12.1. The molecule has 0 aromatic rings. The van der Waals surface area contributed by atoms with Crippen LogP contribution < -0.4 is 0 Å². The van der Waals surface area contributed by atoms with Gasteiger partial charge in [-0.15, -0.1) is 0 Å². The largest absolute Gasteiger partial charge is 0.510 e. The van der Waals surface area contributed by atoms with Crippen molar-refractivity contribution in [2.24, 2.45) is 0 Å². The van der Waals surface area contributed by atoms with Gasteiger partial charge < -0.3 is 5.11 Å². The van der Waals surface area contributed by atoms with Gasteiger partial charge in [-0.1, -0.05) is 11.6 Å². The molecule has 0 saturated carbocycles. The number of hydrogen-bond donors (Lipinski definition) is 1. The zero-order valence-corrected chi connectivity index (χ0v) is 4.53. The highest BCUT2D eigenvalue weighted by molar-refractivity contribution is 6.32. The van der Waals surface area contributed by atoms with Gasteiger partial charge in [0.1, 0.15) is 11.8 Å². The van der Waals surface area contributed by atoms with E-state index in [0.717, 1.165) is 0 Å². The molecule has 0 atom stereocenters. The molecule has 0 aliphatic carbocycles. The van der Waals surface area contributed by atoms with E-state index in [1.54, 1.807) is 6.07 Å². The average Bonchev–Trinajstić information content (AvgIpc) is 1.65. The lowest BCUT2D eigenvalue weighted by Gasteiger charge is -1.81. The lowest BCUT2D eigenvalue weighted by Crippen LogP contribution is -1.71. The van der Waals surface area contributed by atoms with E-state index in [0.29, 0.717) is 0 Å². The van der Waals surface area contributed by atoms with Crippen molar-refractivity contribution in [2.45, 2.75) is 6.92 Å². The molecular formula is C4H4ClNO. The maximum atomic E-state index is 8.35. The Kier molecular flexibility index (Phi) is 2.24. The lowest BCUT2D eigenvalue weighted by molar-refractivity contribution is 0.413. The second-order valence-electron chi connectivity index (χ2n) is 1.01. The Labute approximate surface area is 46.6 Å². The van der Waals surface area contributed by atoms with Crippen LogP contribution in [-0.4, -0.2) is 5.11 Å². The molecule has 0 heterocycles. The molecule has 1 N–H and O–H groups in total. The van der Waals surface area contributed by atoms with Crippen LogP contribution >= 0.6 is 11.6 Å². The standard InChI is InChI=1S/C4H4ClNO/c1-3(7)4(5)2-6/h7H,1H3. The maximum absolute atomic E-state index is 8.35. The second-order valence-corrected chi connectivity index (χ2v) is 1.39. The van der Waals surface area contributed by atoms with E-state index >= 15 is 0 Å². The van der Waals surface area contributed by atoms with E-state index in [4.69, 9.17) is 22.0 Å². The van der Waals surface area contributed by atoms with Crippen LogP contribution in [0.1, 0.15) is 6.92 Å². The van der Waals surface area contributed by atoms with E-state index in [-0.39, 0.29) is 10.8 Å². The molecule has 0 aromatic carbocycles. The highest BCUT2D eigenvalue weighted by Gasteiger charge is 1.89. The van der Waals surface area contributed by atoms with Crippen molar-refractivity contribution in [3.8, 4) is 6.07 Å². The van der Waals surface area contributed by atoms with Gasteiger partial charge in [-0.05, 0) is 6.92 Å². The molecule has 3 heteroatoms. The van der Waals surface area contributed by atoms with Crippen LogP contribution in [0.3, 0.4) is 0 Å².